The van der Waals surface area contributed by atoms with Gasteiger partial charge in [0.2, 0.25) is 0 Å². The fourth-order valence-electron chi connectivity index (χ4n) is 4.16. The van der Waals surface area contributed by atoms with E-state index in [0.29, 0.717) is 0 Å². The molecule has 1 unspecified atom stereocenters. The Morgan fingerprint density at radius 2 is 1.59 bits per heavy atom. The van der Waals surface area contributed by atoms with E-state index >= 15 is 0 Å². The Balaban J connectivity index is 1.41. The van der Waals surface area contributed by atoms with Crippen molar-refractivity contribution in [2.24, 2.45) is 0 Å². The molecule has 0 bridgehead atoms. The van der Waals surface area contributed by atoms with Gasteiger partial charge in [-0.1, -0.05) is 72.8 Å². The van der Waals surface area contributed by atoms with Crippen molar-refractivity contribution in [1.29, 1.82) is 0 Å². The highest BCUT2D eigenvalue weighted by Crippen LogP contribution is 2.29. The lowest BCUT2D eigenvalue weighted by Gasteiger charge is -2.35. The maximum Gasteiger partial charge on any atom is 0.108 e. The monoisotopic (exact) mass is 386 g/mol. The van der Waals surface area contributed by atoms with Gasteiger partial charge in [-0.05, 0) is 54.6 Å². The summed E-state index contributed by atoms with van der Waals surface area (Å²) >= 11 is 0. The van der Waals surface area contributed by atoms with E-state index in [1.807, 2.05) is 12.1 Å². The SMILES string of the molecule is Nc1cccc(CCN2CCCC(OC(c3ccccc3)c3ccccc3)C2)c1. The molecule has 3 aromatic carbocycles. The maximum atomic E-state index is 6.70. The average molecular weight is 387 g/mol. The van der Waals surface area contributed by atoms with Crippen molar-refractivity contribution in [2.75, 3.05) is 25.4 Å². The van der Waals surface area contributed by atoms with Crippen molar-refractivity contribution >= 4 is 5.69 Å². The van der Waals surface area contributed by atoms with E-state index in [1.54, 1.807) is 0 Å². The number of hydrogen-bond donors (Lipinski definition) is 1. The highest BCUT2D eigenvalue weighted by Gasteiger charge is 2.25. The molecular weight excluding hydrogens is 356 g/mol. The average Bonchev–Trinajstić information content (AvgIpc) is 2.78. The zero-order chi connectivity index (χ0) is 19.9. The molecule has 2 N–H and O–H groups in total. The number of hydrogen-bond acceptors (Lipinski definition) is 3. The smallest absolute Gasteiger partial charge is 0.108 e. The Morgan fingerprint density at radius 1 is 0.897 bits per heavy atom. The molecule has 150 valence electrons. The van der Waals surface area contributed by atoms with Gasteiger partial charge in [-0.3, -0.25) is 0 Å². The molecule has 1 heterocycles. The third-order valence-electron chi connectivity index (χ3n) is 5.66. The molecule has 3 heteroatoms. The summed E-state index contributed by atoms with van der Waals surface area (Å²) in [5, 5.41) is 0. The van der Waals surface area contributed by atoms with Crippen molar-refractivity contribution in [3.8, 4) is 0 Å². The van der Waals surface area contributed by atoms with Crippen LogP contribution in [0.25, 0.3) is 0 Å². The normalized spacial score (nSPS) is 17.5. The van der Waals surface area contributed by atoms with Gasteiger partial charge in [-0.15, -0.1) is 0 Å². The lowest BCUT2D eigenvalue weighted by Crippen LogP contribution is -2.41. The number of ether oxygens (including phenoxy) is 1. The summed E-state index contributed by atoms with van der Waals surface area (Å²) in [4.78, 5) is 2.53. The van der Waals surface area contributed by atoms with Crippen molar-refractivity contribution in [3.63, 3.8) is 0 Å². The second-order valence-corrected chi connectivity index (χ2v) is 7.90. The zero-order valence-corrected chi connectivity index (χ0v) is 16.9. The van der Waals surface area contributed by atoms with Gasteiger partial charge in [0.05, 0.1) is 6.10 Å². The highest BCUT2D eigenvalue weighted by atomic mass is 16.5. The Kier molecular flexibility index (Phi) is 6.60. The molecule has 1 aliphatic heterocycles. The van der Waals surface area contributed by atoms with Crippen LogP contribution in [-0.4, -0.2) is 30.6 Å². The van der Waals surface area contributed by atoms with Crippen LogP contribution >= 0.6 is 0 Å². The summed E-state index contributed by atoms with van der Waals surface area (Å²) in [6.07, 6.45) is 3.55. The molecule has 0 aliphatic carbocycles. The molecule has 1 saturated heterocycles. The molecule has 0 spiro atoms. The summed E-state index contributed by atoms with van der Waals surface area (Å²) in [5.41, 5.74) is 10.5. The Morgan fingerprint density at radius 3 is 2.24 bits per heavy atom. The first-order chi connectivity index (χ1) is 14.3. The first kappa shape index (κ1) is 19.7. The first-order valence-electron chi connectivity index (χ1n) is 10.6. The third kappa shape index (κ3) is 5.47. The molecule has 1 fully saturated rings. The van der Waals surface area contributed by atoms with Crippen LogP contribution in [0, 0.1) is 0 Å². The van der Waals surface area contributed by atoms with Crippen LogP contribution in [0.1, 0.15) is 35.6 Å². The number of benzene rings is 3. The van der Waals surface area contributed by atoms with Crippen LogP contribution < -0.4 is 5.73 Å². The molecule has 3 aromatic rings. The van der Waals surface area contributed by atoms with Crippen molar-refractivity contribution in [1.82, 2.24) is 4.90 Å². The fraction of sp³-hybridized carbons (Fsp3) is 0.308. The van der Waals surface area contributed by atoms with Crippen molar-refractivity contribution < 1.29 is 4.74 Å². The molecule has 4 rings (SSSR count). The van der Waals surface area contributed by atoms with E-state index in [-0.39, 0.29) is 12.2 Å². The summed E-state index contributed by atoms with van der Waals surface area (Å²) in [7, 11) is 0. The predicted molar refractivity (Wildman–Crippen MR) is 120 cm³/mol. The molecule has 0 saturated carbocycles. The van der Waals surface area contributed by atoms with Crippen LogP contribution in [0.2, 0.25) is 0 Å². The maximum absolute atomic E-state index is 6.70. The van der Waals surface area contributed by atoms with Gasteiger partial charge in [-0.2, -0.15) is 0 Å². The molecule has 0 aromatic heterocycles. The van der Waals surface area contributed by atoms with E-state index in [1.165, 1.54) is 23.1 Å². The second kappa shape index (κ2) is 9.73. The fourth-order valence-corrected chi connectivity index (χ4v) is 4.16. The first-order valence-corrected chi connectivity index (χ1v) is 10.6. The minimum atomic E-state index is -0.0173. The minimum Gasteiger partial charge on any atom is -0.399 e. The van der Waals surface area contributed by atoms with Crippen LogP contribution in [0.5, 0.6) is 0 Å². The van der Waals surface area contributed by atoms with Crippen LogP contribution in [0.15, 0.2) is 84.9 Å². The third-order valence-corrected chi connectivity index (χ3v) is 5.66. The van der Waals surface area contributed by atoms with E-state index in [2.05, 4.69) is 77.7 Å². The largest absolute Gasteiger partial charge is 0.399 e. The quantitative estimate of drug-likeness (QED) is 0.575. The Hall–Kier alpha value is -2.62. The number of likely N-dealkylation sites (tertiary alicyclic amines) is 1. The molecule has 1 aliphatic rings. The standard InChI is InChI=1S/C26H30N2O/c27-24-14-7-9-21(19-24)16-18-28-17-8-15-25(20-28)29-26(22-10-3-1-4-11-22)23-12-5-2-6-13-23/h1-7,9-14,19,25-26H,8,15-18,20,27H2. The molecular formula is C26H30N2O. The number of nitrogens with zero attached hydrogens (tertiary/aromatic N) is 1. The lowest BCUT2D eigenvalue weighted by atomic mass is 10.00. The summed E-state index contributed by atoms with van der Waals surface area (Å²) < 4.78 is 6.70. The number of nitrogen functional groups attached to an aromatic ring is 1. The highest BCUT2D eigenvalue weighted by molar-refractivity contribution is 5.40. The number of nitrogens with two attached hydrogens (primary N) is 1. The minimum absolute atomic E-state index is 0.0173. The van der Waals surface area contributed by atoms with Gasteiger partial charge in [0.1, 0.15) is 6.10 Å². The van der Waals surface area contributed by atoms with Crippen LogP contribution in [0.3, 0.4) is 0 Å². The number of rotatable bonds is 7. The number of piperidine rings is 1. The van der Waals surface area contributed by atoms with Crippen molar-refractivity contribution in [3.05, 3.63) is 102 Å². The molecule has 3 nitrogen and oxygen atoms in total. The molecule has 1 atom stereocenters. The van der Waals surface area contributed by atoms with Gasteiger partial charge in [0, 0.05) is 18.8 Å². The van der Waals surface area contributed by atoms with E-state index in [9.17, 15) is 0 Å². The zero-order valence-electron chi connectivity index (χ0n) is 16.9. The lowest BCUT2D eigenvalue weighted by molar-refractivity contribution is -0.0330. The van der Waals surface area contributed by atoms with Crippen LogP contribution in [-0.2, 0) is 11.2 Å². The van der Waals surface area contributed by atoms with Crippen LogP contribution in [0.4, 0.5) is 5.69 Å². The van der Waals surface area contributed by atoms with Gasteiger partial charge in [0.25, 0.3) is 0 Å². The summed E-state index contributed by atoms with van der Waals surface area (Å²) in [6.45, 7) is 3.17. The van der Waals surface area contributed by atoms with Gasteiger partial charge < -0.3 is 15.4 Å². The molecule has 0 radical (unpaired) electrons. The van der Waals surface area contributed by atoms with Gasteiger partial charge in [0.15, 0.2) is 0 Å². The second-order valence-electron chi connectivity index (χ2n) is 7.90. The van der Waals surface area contributed by atoms with E-state index < -0.39 is 0 Å². The van der Waals surface area contributed by atoms with Gasteiger partial charge in [-0.25, -0.2) is 0 Å². The van der Waals surface area contributed by atoms with Crippen molar-refractivity contribution in [2.45, 2.75) is 31.5 Å². The molecule has 29 heavy (non-hydrogen) atoms. The number of anilines is 1. The summed E-state index contributed by atoms with van der Waals surface area (Å²) in [6, 6.07) is 29.4. The molecule has 0 amide bonds. The summed E-state index contributed by atoms with van der Waals surface area (Å²) in [5.74, 6) is 0. The Labute approximate surface area is 174 Å². The van der Waals surface area contributed by atoms with E-state index in [0.717, 1.165) is 38.2 Å². The Bertz CT molecular complexity index is 842. The van der Waals surface area contributed by atoms with E-state index in [4.69, 9.17) is 10.5 Å². The van der Waals surface area contributed by atoms with Gasteiger partial charge >= 0.3 is 0 Å². The predicted octanol–water partition coefficient (Wildman–Crippen LogP) is 5.08. The topological polar surface area (TPSA) is 38.5 Å².